The summed E-state index contributed by atoms with van der Waals surface area (Å²) in [5, 5.41) is 0. The summed E-state index contributed by atoms with van der Waals surface area (Å²) in [4.78, 5) is 0. The van der Waals surface area contributed by atoms with E-state index in [1.807, 2.05) is 38.2 Å². The van der Waals surface area contributed by atoms with Gasteiger partial charge >= 0.3 is 0 Å². The maximum absolute atomic E-state index is 2.87. The molecule has 8 heavy (non-hydrogen) atoms. The minimum atomic E-state index is 1.86. The van der Waals surface area contributed by atoms with Crippen LogP contribution in [0.5, 0.6) is 0 Å². The molecular formula is C8H10. The zero-order valence-electron chi connectivity index (χ0n) is 5.31. The monoisotopic (exact) mass is 106 g/mol. The van der Waals surface area contributed by atoms with Gasteiger partial charge in [0.25, 0.3) is 0 Å². The van der Waals surface area contributed by atoms with Crippen LogP contribution in [0.25, 0.3) is 0 Å². The average molecular weight is 106 g/mol. The molecule has 0 amide bonds. The second kappa shape index (κ2) is 6.22. The maximum atomic E-state index is 2.87. The maximum Gasteiger partial charge on any atom is -0.0395 e. The Morgan fingerprint density at radius 3 is 1.50 bits per heavy atom. The molecule has 0 heterocycles. The summed E-state index contributed by atoms with van der Waals surface area (Å²) in [5.41, 5.74) is 0. The van der Waals surface area contributed by atoms with Gasteiger partial charge in [0.2, 0.25) is 0 Å². The fourth-order valence-electron chi connectivity index (χ4n) is 0.304. The second-order valence-electron chi connectivity index (χ2n) is 1.30. The van der Waals surface area contributed by atoms with Crippen molar-refractivity contribution < 1.29 is 0 Å². The molecular weight excluding hydrogens is 96.1 g/mol. The van der Waals surface area contributed by atoms with Gasteiger partial charge < -0.3 is 0 Å². The lowest BCUT2D eigenvalue weighted by atomic mass is 10.4. The van der Waals surface area contributed by atoms with Crippen LogP contribution in [-0.4, -0.2) is 0 Å². The van der Waals surface area contributed by atoms with Crippen LogP contribution in [0.4, 0.5) is 0 Å². The molecule has 0 saturated heterocycles. The third kappa shape index (κ3) is 5.22. The lowest BCUT2D eigenvalue weighted by Gasteiger charge is -1.67. The standard InChI is InChI=1S/C8H10/c1-3-5-7-8-6-4-2/h5-8H,1-2H3/b5-3?,6-4?,8-7+. The summed E-state index contributed by atoms with van der Waals surface area (Å²) in [7, 11) is 0. The van der Waals surface area contributed by atoms with Gasteiger partial charge in [-0.05, 0) is 26.0 Å². The average Bonchev–Trinajstić information content (AvgIpc) is 1.81. The smallest absolute Gasteiger partial charge is 0.0395 e. The molecule has 0 atom stereocenters. The number of hydrogen-bond acceptors (Lipinski definition) is 0. The first kappa shape index (κ1) is 7.22. The Kier molecular flexibility index (Phi) is 5.61. The first-order chi connectivity index (χ1) is 3.91. The fraction of sp³-hybridized carbons (Fsp3) is 0.250. The lowest BCUT2D eigenvalue weighted by Crippen LogP contribution is -1.47. The van der Waals surface area contributed by atoms with Crippen LogP contribution in [0.3, 0.4) is 0 Å². The van der Waals surface area contributed by atoms with Gasteiger partial charge in [-0.2, -0.15) is 0 Å². The minimum absolute atomic E-state index is 1.86. The van der Waals surface area contributed by atoms with Gasteiger partial charge in [0.15, 0.2) is 0 Å². The van der Waals surface area contributed by atoms with Crippen LogP contribution < -0.4 is 0 Å². The molecule has 0 bridgehead atoms. The number of rotatable bonds is 2. The van der Waals surface area contributed by atoms with Gasteiger partial charge in [-0.15, -0.1) is 0 Å². The van der Waals surface area contributed by atoms with Gasteiger partial charge in [0.1, 0.15) is 0 Å². The van der Waals surface area contributed by atoms with Crippen molar-refractivity contribution in [3.8, 4) is 0 Å². The molecule has 0 aromatic carbocycles. The third-order valence-electron chi connectivity index (χ3n) is 0.637. The zero-order chi connectivity index (χ0) is 6.24. The second-order valence-corrected chi connectivity index (χ2v) is 1.30. The van der Waals surface area contributed by atoms with Crippen molar-refractivity contribution in [1.29, 1.82) is 0 Å². The van der Waals surface area contributed by atoms with Crippen LogP contribution in [0, 0.1) is 12.2 Å². The van der Waals surface area contributed by atoms with E-state index in [4.69, 9.17) is 0 Å². The molecule has 0 saturated carbocycles. The summed E-state index contributed by atoms with van der Waals surface area (Å²) >= 11 is 0. The van der Waals surface area contributed by atoms with Crippen molar-refractivity contribution >= 4 is 0 Å². The highest BCUT2D eigenvalue weighted by Crippen LogP contribution is 1.76. The summed E-state index contributed by atoms with van der Waals surface area (Å²) in [6.45, 7) is 3.73. The summed E-state index contributed by atoms with van der Waals surface area (Å²) in [6, 6.07) is 0. The Morgan fingerprint density at radius 1 is 0.875 bits per heavy atom. The molecule has 0 aromatic heterocycles. The molecule has 2 radical (unpaired) electrons. The van der Waals surface area contributed by atoms with E-state index in [9.17, 15) is 0 Å². The first-order valence-corrected chi connectivity index (χ1v) is 2.58. The van der Waals surface area contributed by atoms with E-state index >= 15 is 0 Å². The number of hydrogen-bond donors (Lipinski definition) is 0. The topological polar surface area (TPSA) is 0 Å². The van der Waals surface area contributed by atoms with E-state index in [1.165, 1.54) is 0 Å². The Morgan fingerprint density at radius 2 is 1.25 bits per heavy atom. The van der Waals surface area contributed by atoms with Crippen molar-refractivity contribution in [2.45, 2.75) is 13.8 Å². The van der Waals surface area contributed by atoms with Crippen molar-refractivity contribution in [1.82, 2.24) is 0 Å². The third-order valence-corrected chi connectivity index (χ3v) is 0.637. The van der Waals surface area contributed by atoms with E-state index in [-0.39, 0.29) is 0 Å². The van der Waals surface area contributed by atoms with Gasteiger partial charge in [-0.25, -0.2) is 0 Å². The van der Waals surface area contributed by atoms with E-state index < -0.39 is 0 Å². The lowest BCUT2D eigenvalue weighted by molar-refractivity contribution is 1.63. The Hall–Kier alpha value is -0.780. The minimum Gasteiger partial charge on any atom is -0.0620 e. The molecule has 0 spiro atoms. The van der Waals surface area contributed by atoms with Crippen LogP contribution in [-0.2, 0) is 0 Å². The van der Waals surface area contributed by atoms with E-state index in [1.54, 1.807) is 0 Å². The first-order valence-electron chi connectivity index (χ1n) is 2.58. The molecule has 0 aromatic rings. The SMILES string of the molecule is C/[C]=C/C=C/C=[C]/C. The van der Waals surface area contributed by atoms with Gasteiger partial charge in [0.05, 0.1) is 0 Å². The molecule has 0 N–H and O–H groups in total. The van der Waals surface area contributed by atoms with Crippen molar-refractivity contribution in [2.75, 3.05) is 0 Å². The molecule has 0 heteroatoms. The zero-order valence-corrected chi connectivity index (χ0v) is 5.31. The van der Waals surface area contributed by atoms with Crippen LogP contribution in [0.15, 0.2) is 24.3 Å². The van der Waals surface area contributed by atoms with Gasteiger partial charge in [-0.3, -0.25) is 0 Å². The summed E-state index contributed by atoms with van der Waals surface area (Å²) in [5.74, 6) is 0. The van der Waals surface area contributed by atoms with Crippen molar-refractivity contribution in [3.05, 3.63) is 36.5 Å². The predicted molar refractivity (Wildman–Crippen MR) is 36.1 cm³/mol. The van der Waals surface area contributed by atoms with Crippen molar-refractivity contribution in [2.24, 2.45) is 0 Å². The number of allylic oxidation sites excluding steroid dienone is 6. The Labute approximate surface area is 51.2 Å². The highest BCUT2D eigenvalue weighted by atomic mass is 13.6. The fourth-order valence-corrected chi connectivity index (χ4v) is 0.304. The Balaban J connectivity index is 3.35. The molecule has 0 unspecified atom stereocenters. The van der Waals surface area contributed by atoms with Crippen LogP contribution in [0.1, 0.15) is 13.8 Å². The van der Waals surface area contributed by atoms with E-state index in [2.05, 4.69) is 12.2 Å². The summed E-state index contributed by atoms with van der Waals surface area (Å²) in [6.07, 6.45) is 13.3. The quantitative estimate of drug-likeness (QED) is 0.474. The highest BCUT2D eigenvalue weighted by molar-refractivity contribution is 5.06. The molecule has 0 aliphatic heterocycles. The highest BCUT2D eigenvalue weighted by Gasteiger charge is 1.56. The largest absolute Gasteiger partial charge is 0.0620 e. The van der Waals surface area contributed by atoms with Gasteiger partial charge in [0, 0.05) is 0 Å². The molecule has 0 nitrogen and oxygen atoms in total. The molecule has 0 rings (SSSR count). The molecule has 0 aliphatic rings. The Bertz CT molecular complexity index is 91.2. The molecule has 0 fully saturated rings. The van der Waals surface area contributed by atoms with Crippen molar-refractivity contribution in [3.63, 3.8) is 0 Å². The van der Waals surface area contributed by atoms with E-state index in [0.717, 1.165) is 0 Å². The van der Waals surface area contributed by atoms with Crippen LogP contribution >= 0.6 is 0 Å². The van der Waals surface area contributed by atoms with Crippen LogP contribution in [0.2, 0.25) is 0 Å². The normalized spacial score (nSPS) is 12.8. The van der Waals surface area contributed by atoms with E-state index in [0.29, 0.717) is 0 Å². The van der Waals surface area contributed by atoms with Gasteiger partial charge in [-0.1, -0.05) is 24.3 Å². The molecule has 42 valence electrons. The predicted octanol–water partition coefficient (Wildman–Crippen LogP) is 2.30. The molecule has 0 aliphatic carbocycles. The summed E-state index contributed by atoms with van der Waals surface area (Å²) < 4.78 is 0.